The van der Waals surface area contributed by atoms with Crippen LogP contribution >= 0.6 is 0 Å². The minimum Gasteiger partial charge on any atom is -0.326 e. The molecule has 110 valence electrons. The van der Waals surface area contributed by atoms with Gasteiger partial charge in [0, 0.05) is 5.69 Å². The van der Waals surface area contributed by atoms with Crippen LogP contribution in [0.2, 0.25) is 0 Å². The summed E-state index contributed by atoms with van der Waals surface area (Å²) < 4.78 is 0. The van der Waals surface area contributed by atoms with E-state index in [4.69, 9.17) is 0 Å². The maximum Gasteiger partial charge on any atom is 0.228 e. The summed E-state index contributed by atoms with van der Waals surface area (Å²) >= 11 is 0. The molecule has 3 aromatic carbocycles. The highest BCUT2D eigenvalue weighted by molar-refractivity contribution is 5.93. The minimum atomic E-state index is 0.0135. The lowest BCUT2D eigenvalue weighted by Gasteiger charge is -2.07. The van der Waals surface area contributed by atoms with Crippen LogP contribution in [0.1, 0.15) is 18.1 Å². The number of hydrogen-bond acceptors (Lipinski definition) is 1. The number of carbonyl (C=O) groups is 1. The average molecular weight is 289 g/mol. The summed E-state index contributed by atoms with van der Waals surface area (Å²) in [5.74, 6) is 0.0135. The first-order valence-corrected chi connectivity index (χ1v) is 7.61. The number of anilines is 1. The van der Waals surface area contributed by atoms with Crippen molar-refractivity contribution in [2.75, 3.05) is 5.32 Å². The minimum absolute atomic E-state index is 0.0135. The van der Waals surface area contributed by atoms with E-state index in [-0.39, 0.29) is 5.91 Å². The predicted molar refractivity (Wildman–Crippen MR) is 92.1 cm³/mol. The van der Waals surface area contributed by atoms with Crippen LogP contribution in [-0.2, 0) is 17.6 Å². The first-order chi connectivity index (χ1) is 10.7. The van der Waals surface area contributed by atoms with Gasteiger partial charge in [0.25, 0.3) is 0 Å². The first kappa shape index (κ1) is 14.3. The molecule has 0 spiro atoms. The summed E-state index contributed by atoms with van der Waals surface area (Å²) in [4.78, 5) is 12.2. The van der Waals surface area contributed by atoms with Gasteiger partial charge in [0.1, 0.15) is 0 Å². The van der Waals surface area contributed by atoms with Gasteiger partial charge in [-0.1, -0.05) is 61.5 Å². The highest BCUT2D eigenvalue weighted by Crippen LogP contribution is 2.16. The summed E-state index contributed by atoms with van der Waals surface area (Å²) in [5, 5.41) is 5.31. The number of fused-ring (bicyclic) bond motifs is 1. The maximum atomic E-state index is 12.2. The summed E-state index contributed by atoms with van der Waals surface area (Å²) in [6, 6.07) is 22.3. The number of aryl methyl sites for hydroxylation is 1. The Balaban J connectivity index is 1.69. The third kappa shape index (κ3) is 3.34. The SMILES string of the molecule is CCc1ccc(NC(=O)Cc2ccc3ccccc3c2)cc1. The zero-order valence-corrected chi connectivity index (χ0v) is 12.7. The molecule has 0 aliphatic carbocycles. The number of hydrogen-bond donors (Lipinski definition) is 1. The van der Waals surface area contributed by atoms with E-state index >= 15 is 0 Å². The zero-order chi connectivity index (χ0) is 15.4. The van der Waals surface area contributed by atoms with E-state index in [1.807, 2.05) is 42.5 Å². The van der Waals surface area contributed by atoms with Crippen LogP contribution in [0.4, 0.5) is 5.69 Å². The van der Waals surface area contributed by atoms with E-state index < -0.39 is 0 Å². The third-order valence-corrected chi connectivity index (χ3v) is 3.82. The molecule has 0 aliphatic rings. The monoisotopic (exact) mass is 289 g/mol. The van der Waals surface area contributed by atoms with Crippen molar-refractivity contribution in [1.29, 1.82) is 0 Å². The third-order valence-electron chi connectivity index (χ3n) is 3.82. The summed E-state index contributed by atoms with van der Waals surface area (Å²) in [6.07, 6.45) is 1.39. The van der Waals surface area contributed by atoms with Crippen LogP contribution in [0.25, 0.3) is 10.8 Å². The van der Waals surface area contributed by atoms with E-state index in [0.717, 1.165) is 17.7 Å². The van der Waals surface area contributed by atoms with Crippen LogP contribution in [0.3, 0.4) is 0 Å². The van der Waals surface area contributed by atoms with E-state index in [1.54, 1.807) is 0 Å². The Bertz CT molecular complexity index is 790. The molecule has 1 N–H and O–H groups in total. The van der Waals surface area contributed by atoms with Crippen LogP contribution in [-0.4, -0.2) is 5.91 Å². The van der Waals surface area contributed by atoms with Crippen molar-refractivity contribution in [1.82, 2.24) is 0 Å². The van der Waals surface area contributed by atoms with Gasteiger partial charge in [-0.05, 0) is 40.5 Å². The molecule has 0 atom stereocenters. The molecule has 0 unspecified atom stereocenters. The van der Waals surface area contributed by atoms with Gasteiger partial charge >= 0.3 is 0 Å². The molecule has 0 bridgehead atoms. The van der Waals surface area contributed by atoms with Crippen molar-refractivity contribution < 1.29 is 4.79 Å². The van der Waals surface area contributed by atoms with E-state index in [9.17, 15) is 4.79 Å². The molecule has 0 aliphatic heterocycles. The fraction of sp³-hybridized carbons (Fsp3) is 0.150. The van der Waals surface area contributed by atoms with Gasteiger partial charge in [-0.3, -0.25) is 4.79 Å². The Morgan fingerprint density at radius 2 is 1.55 bits per heavy atom. The van der Waals surface area contributed by atoms with Gasteiger partial charge in [0.05, 0.1) is 6.42 Å². The molecule has 3 aromatic rings. The molecule has 2 nitrogen and oxygen atoms in total. The van der Waals surface area contributed by atoms with E-state index in [2.05, 4.69) is 36.5 Å². The average Bonchev–Trinajstić information content (AvgIpc) is 2.55. The lowest BCUT2D eigenvalue weighted by molar-refractivity contribution is -0.115. The molecule has 0 saturated carbocycles. The standard InChI is InChI=1S/C20H19NO/c1-2-15-8-11-19(12-9-15)21-20(22)14-16-7-10-17-5-3-4-6-18(17)13-16/h3-13H,2,14H2,1H3,(H,21,22). The van der Waals surface area contributed by atoms with Gasteiger partial charge in [-0.25, -0.2) is 0 Å². The summed E-state index contributed by atoms with van der Waals surface area (Å²) in [7, 11) is 0. The van der Waals surface area contributed by atoms with Crippen LogP contribution < -0.4 is 5.32 Å². The number of rotatable bonds is 4. The smallest absolute Gasteiger partial charge is 0.228 e. The molecule has 0 heterocycles. The summed E-state index contributed by atoms with van der Waals surface area (Å²) in [5.41, 5.74) is 3.15. The number of nitrogens with one attached hydrogen (secondary N) is 1. The Kier molecular flexibility index (Phi) is 4.19. The molecule has 22 heavy (non-hydrogen) atoms. The highest BCUT2D eigenvalue weighted by Gasteiger charge is 2.05. The molecular weight excluding hydrogens is 270 g/mol. The Morgan fingerprint density at radius 3 is 2.27 bits per heavy atom. The molecule has 1 amide bonds. The van der Waals surface area contributed by atoms with Crippen molar-refractivity contribution in [3.8, 4) is 0 Å². The van der Waals surface area contributed by atoms with Crippen LogP contribution in [0, 0.1) is 0 Å². The van der Waals surface area contributed by atoms with Crippen molar-refractivity contribution >= 4 is 22.4 Å². The fourth-order valence-electron chi connectivity index (χ4n) is 2.56. The lowest BCUT2D eigenvalue weighted by atomic mass is 10.0. The largest absolute Gasteiger partial charge is 0.326 e. The van der Waals surface area contributed by atoms with Crippen molar-refractivity contribution in [2.24, 2.45) is 0 Å². The molecule has 3 rings (SSSR count). The van der Waals surface area contributed by atoms with Gasteiger partial charge in [-0.15, -0.1) is 0 Å². The molecular formula is C20H19NO. The second kappa shape index (κ2) is 6.44. The van der Waals surface area contributed by atoms with E-state index in [1.165, 1.54) is 16.3 Å². The molecule has 0 aromatic heterocycles. The molecule has 0 fully saturated rings. The van der Waals surface area contributed by atoms with Crippen LogP contribution in [0.5, 0.6) is 0 Å². The first-order valence-electron chi connectivity index (χ1n) is 7.61. The molecule has 2 heteroatoms. The normalized spacial score (nSPS) is 10.6. The second-order valence-electron chi connectivity index (χ2n) is 5.46. The quantitative estimate of drug-likeness (QED) is 0.748. The number of carbonyl (C=O) groups excluding carboxylic acids is 1. The van der Waals surface area contributed by atoms with Gasteiger partial charge in [0.2, 0.25) is 5.91 Å². The van der Waals surface area contributed by atoms with Gasteiger partial charge in [-0.2, -0.15) is 0 Å². The van der Waals surface area contributed by atoms with E-state index in [0.29, 0.717) is 6.42 Å². The summed E-state index contributed by atoms with van der Waals surface area (Å²) in [6.45, 7) is 2.12. The van der Waals surface area contributed by atoms with Crippen molar-refractivity contribution in [3.05, 3.63) is 77.9 Å². The maximum absolute atomic E-state index is 12.2. The van der Waals surface area contributed by atoms with Crippen molar-refractivity contribution in [2.45, 2.75) is 19.8 Å². The Hall–Kier alpha value is -2.61. The predicted octanol–water partition coefficient (Wildman–Crippen LogP) is 4.58. The van der Waals surface area contributed by atoms with Gasteiger partial charge < -0.3 is 5.32 Å². The van der Waals surface area contributed by atoms with Crippen LogP contribution in [0.15, 0.2) is 66.7 Å². The zero-order valence-electron chi connectivity index (χ0n) is 12.7. The second-order valence-corrected chi connectivity index (χ2v) is 5.46. The fourth-order valence-corrected chi connectivity index (χ4v) is 2.56. The Morgan fingerprint density at radius 1 is 0.864 bits per heavy atom. The lowest BCUT2D eigenvalue weighted by Crippen LogP contribution is -2.14. The molecule has 0 saturated heterocycles. The Labute approximate surface area is 130 Å². The number of benzene rings is 3. The van der Waals surface area contributed by atoms with Gasteiger partial charge in [0.15, 0.2) is 0 Å². The van der Waals surface area contributed by atoms with Crippen molar-refractivity contribution in [3.63, 3.8) is 0 Å². The highest BCUT2D eigenvalue weighted by atomic mass is 16.1. The molecule has 0 radical (unpaired) electrons. The number of amides is 1. The topological polar surface area (TPSA) is 29.1 Å².